The van der Waals surface area contributed by atoms with Gasteiger partial charge in [-0.2, -0.15) is 0 Å². The molecule has 0 bridgehead atoms. The number of nitrogens with zero attached hydrogens (tertiary/aromatic N) is 2. The maximum Gasteiger partial charge on any atom is 0.318 e. The molecule has 0 aliphatic carbocycles. The second-order valence-corrected chi connectivity index (χ2v) is 8.68. The van der Waals surface area contributed by atoms with Crippen molar-refractivity contribution in [3.63, 3.8) is 0 Å². The van der Waals surface area contributed by atoms with E-state index in [2.05, 4.69) is 15.9 Å². The molecular weight excluding hydrogens is 516 g/mol. The van der Waals surface area contributed by atoms with E-state index in [1.807, 2.05) is 18.2 Å². The van der Waals surface area contributed by atoms with Crippen LogP contribution >= 0.6 is 27.7 Å². The van der Waals surface area contributed by atoms with Crippen molar-refractivity contribution in [2.24, 2.45) is 0 Å². The summed E-state index contributed by atoms with van der Waals surface area (Å²) in [6, 6.07) is 13.7. The van der Waals surface area contributed by atoms with E-state index in [4.69, 9.17) is 9.47 Å². The fraction of sp³-hybridized carbons (Fsp3) is 0.0455. The van der Waals surface area contributed by atoms with Crippen LogP contribution < -0.4 is 9.47 Å². The zero-order valence-corrected chi connectivity index (χ0v) is 19.2. The molecule has 0 spiro atoms. The Hall–Kier alpha value is -3.70. The van der Waals surface area contributed by atoms with Gasteiger partial charge in [0.15, 0.2) is 11.5 Å². The first-order valence-electron chi connectivity index (χ1n) is 9.30. The highest BCUT2D eigenvalue weighted by molar-refractivity contribution is 9.10. The molecule has 0 saturated heterocycles. The van der Waals surface area contributed by atoms with E-state index in [9.17, 15) is 25.0 Å². The Bertz CT molecular complexity index is 1360. The van der Waals surface area contributed by atoms with Crippen LogP contribution in [0.2, 0.25) is 0 Å². The summed E-state index contributed by atoms with van der Waals surface area (Å²) in [5, 5.41) is 22.4. The molecule has 3 aromatic rings. The number of ether oxygens (including phenoxy) is 2. The average molecular weight is 529 g/mol. The van der Waals surface area contributed by atoms with Crippen LogP contribution in [-0.4, -0.2) is 22.7 Å². The summed E-state index contributed by atoms with van der Waals surface area (Å²) < 4.78 is 11.5. The zero-order chi connectivity index (χ0) is 23.7. The minimum atomic E-state index is -0.762. The summed E-state index contributed by atoms with van der Waals surface area (Å²) in [5.41, 5.74) is 0.301. The lowest BCUT2D eigenvalue weighted by Crippen LogP contribution is -1.98. The number of hydrogen-bond donors (Lipinski definition) is 0. The molecule has 0 saturated carbocycles. The standard InChI is InChI=1S/C22H13BrN2O7S/c1-31-18-9-12(10-20-21(26)14-4-2-3-5-19(14)33-20)8-15(23)22(18)32-17-7-6-13(24(27)28)11-16(17)25(29)30/h2-11H,1H3/b20-10-. The lowest BCUT2D eigenvalue weighted by molar-refractivity contribution is -0.394. The second kappa shape index (κ2) is 9.04. The zero-order valence-electron chi connectivity index (χ0n) is 16.8. The van der Waals surface area contributed by atoms with E-state index in [1.165, 1.54) is 18.9 Å². The van der Waals surface area contributed by atoms with Gasteiger partial charge in [-0.15, -0.1) is 0 Å². The highest BCUT2D eigenvalue weighted by atomic mass is 79.9. The number of carbonyl (C=O) groups excluding carboxylic acids is 1. The Kier molecular flexibility index (Phi) is 6.16. The number of Topliss-reactive ketones (excluding diaryl/α,β-unsaturated/α-hetero) is 1. The summed E-state index contributed by atoms with van der Waals surface area (Å²) in [6.45, 7) is 0. The molecule has 0 unspecified atom stereocenters. The number of halogens is 1. The molecule has 0 fully saturated rings. The van der Waals surface area contributed by atoms with Gasteiger partial charge in [-0.3, -0.25) is 25.0 Å². The molecule has 11 heteroatoms. The molecule has 1 heterocycles. The number of carbonyl (C=O) groups is 1. The van der Waals surface area contributed by atoms with Crippen molar-refractivity contribution in [1.29, 1.82) is 0 Å². The number of rotatable bonds is 6. The van der Waals surface area contributed by atoms with Gasteiger partial charge < -0.3 is 9.47 Å². The van der Waals surface area contributed by atoms with Crippen molar-refractivity contribution in [3.05, 3.63) is 95.3 Å². The molecule has 0 aromatic heterocycles. The van der Waals surface area contributed by atoms with Crippen LogP contribution in [0.3, 0.4) is 0 Å². The Morgan fingerprint density at radius 3 is 2.42 bits per heavy atom. The van der Waals surface area contributed by atoms with Crippen molar-refractivity contribution in [2.75, 3.05) is 7.11 Å². The monoisotopic (exact) mass is 528 g/mol. The minimum absolute atomic E-state index is 0.0764. The summed E-state index contributed by atoms with van der Waals surface area (Å²) >= 11 is 4.75. The van der Waals surface area contributed by atoms with E-state index in [0.29, 0.717) is 20.5 Å². The van der Waals surface area contributed by atoms with Crippen molar-refractivity contribution < 1.29 is 24.1 Å². The Morgan fingerprint density at radius 2 is 1.76 bits per heavy atom. The number of non-ortho nitro benzene ring substituents is 1. The fourth-order valence-electron chi connectivity index (χ4n) is 3.17. The smallest absolute Gasteiger partial charge is 0.318 e. The molecule has 0 radical (unpaired) electrons. The summed E-state index contributed by atoms with van der Waals surface area (Å²) in [6.07, 6.45) is 1.72. The Labute approximate surface area is 199 Å². The maximum absolute atomic E-state index is 12.7. The van der Waals surface area contributed by atoms with E-state index >= 15 is 0 Å². The van der Waals surface area contributed by atoms with Gasteiger partial charge in [-0.1, -0.05) is 23.9 Å². The number of hydrogen-bond acceptors (Lipinski definition) is 8. The third kappa shape index (κ3) is 4.45. The highest BCUT2D eigenvalue weighted by Crippen LogP contribution is 2.45. The summed E-state index contributed by atoms with van der Waals surface area (Å²) in [4.78, 5) is 35.0. The Morgan fingerprint density at radius 1 is 1.00 bits per heavy atom. The van der Waals surface area contributed by atoms with Crippen molar-refractivity contribution >= 4 is 50.9 Å². The number of thioether (sulfide) groups is 1. The number of benzene rings is 3. The number of allylic oxidation sites excluding steroid dienone is 1. The van der Waals surface area contributed by atoms with Gasteiger partial charge in [-0.25, -0.2) is 0 Å². The lowest BCUT2D eigenvalue weighted by Gasteiger charge is -2.13. The van der Waals surface area contributed by atoms with Crippen molar-refractivity contribution in [3.8, 4) is 17.2 Å². The van der Waals surface area contributed by atoms with Gasteiger partial charge in [0.1, 0.15) is 0 Å². The molecule has 0 atom stereocenters. The number of ketones is 1. The molecular formula is C22H13BrN2O7S. The SMILES string of the molecule is COc1cc(/C=C2\Sc3ccccc3C2=O)cc(Br)c1Oc1ccc([N+](=O)[O-])cc1[N+](=O)[O-]. The van der Waals surface area contributed by atoms with E-state index in [-0.39, 0.29) is 23.0 Å². The molecule has 1 aliphatic rings. The summed E-state index contributed by atoms with van der Waals surface area (Å²) in [5.74, 6) is 0.127. The van der Waals surface area contributed by atoms with E-state index in [0.717, 1.165) is 23.1 Å². The third-order valence-corrected chi connectivity index (χ3v) is 6.38. The van der Waals surface area contributed by atoms with Gasteiger partial charge in [0.25, 0.3) is 5.69 Å². The number of methoxy groups -OCH3 is 1. The van der Waals surface area contributed by atoms with Gasteiger partial charge in [0, 0.05) is 16.5 Å². The quantitative estimate of drug-likeness (QED) is 0.204. The first kappa shape index (κ1) is 22.5. The predicted octanol–water partition coefficient (Wildman–Crippen LogP) is 6.40. The van der Waals surface area contributed by atoms with Crippen LogP contribution in [0.5, 0.6) is 17.2 Å². The minimum Gasteiger partial charge on any atom is -0.493 e. The van der Waals surface area contributed by atoms with E-state index < -0.39 is 21.2 Å². The number of fused-ring (bicyclic) bond motifs is 1. The van der Waals surface area contributed by atoms with Gasteiger partial charge in [-0.05, 0) is 57.9 Å². The molecule has 1 aliphatic heterocycles. The van der Waals surface area contributed by atoms with Crippen LogP contribution in [0.25, 0.3) is 6.08 Å². The molecule has 33 heavy (non-hydrogen) atoms. The maximum atomic E-state index is 12.7. The molecule has 0 amide bonds. The van der Waals surface area contributed by atoms with E-state index in [1.54, 1.807) is 24.3 Å². The van der Waals surface area contributed by atoms with Crippen molar-refractivity contribution in [1.82, 2.24) is 0 Å². The van der Waals surface area contributed by atoms with Crippen LogP contribution in [0.1, 0.15) is 15.9 Å². The predicted molar refractivity (Wildman–Crippen MR) is 125 cm³/mol. The number of nitro groups is 2. The van der Waals surface area contributed by atoms with Crippen molar-refractivity contribution in [2.45, 2.75) is 4.90 Å². The topological polar surface area (TPSA) is 122 Å². The highest BCUT2D eigenvalue weighted by Gasteiger charge is 2.26. The normalized spacial score (nSPS) is 13.6. The lowest BCUT2D eigenvalue weighted by atomic mass is 10.1. The van der Waals surface area contributed by atoms with Gasteiger partial charge >= 0.3 is 5.69 Å². The molecule has 4 rings (SSSR count). The largest absolute Gasteiger partial charge is 0.493 e. The van der Waals surface area contributed by atoms with Gasteiger partial charge in [0.05, 0.1) is 32.4 Å². The van der Waals surface area contributed by atoms with Crippen LogP contribution in [0, 0.1) is 20.2 Å². The van der Waals surface area contributed by atoms with Crippen LogP contribution in [0.15, 0.2) is 68.9 Å². The second-order valence-electron chi connectivity index (χ2n) is 6.74. The summed E-state index contributed by atoms with van der Waals surface area (Å²) in [7, 11) is 1.40. The number of nitro benzene ring substituents is 2. The molecule has 0 N–H and O–H groups in total. The average Bonchev–Trinajstić information content (AvgIpc) is 3.10. The van der Waals surface area contributed by atoms with Crippen LogP contribution in [-0.2, 0) is 0 Å². The Balaban J connectivity index is 1.70. The molecule has 3 aromatic carbocycles. The third-order valence-electron chi connectivity index (χ3n) is 4.69. The molecule has 166 valence electrons. The van der Waals surface area contributed by atoms with Gasteiger partial charge in [0.2, 0.25) is 11.5 Å². The first-order chi connectivity index (χ1) is 15.8. The van der Waals surface area contributed by atoms with Crippen LogP contribution in [0.4, 0.5) is 11.4 Å². The first-order valence-corrected chi connectivity index (χ1v) is 10.9. The molecule has 9 nitrogen and oxygen atoms in total. The fourth-order valence-corrected chi connectivity index (χ4v) is 4.76.